The lowest BCUT2D eigenvalue weighted by atomic mass is 10.1. The number of aromatic amines is 1. The second-order valence-corrected chi connectivity index (χ2v) is 6.07. The lowest BCUT2D eigenvalue weighted by Gasteiger charge is -2.08. The zero-order chi connectivity index (χ0) is 18.4. The summed E-state index contributed by atoms with van der Waals surface area (Å²) in [7, 11) is 0. The van der Waals surface area contributed by atoms with Crippen molar-refractivity contribution in [3.63, 3.8) is 0 Å². The third-order valence-electron chi connectivity index (χ3n) is 4.06. The van der Waals surface area contributed by atoms with Gasteiger partial charge >= 0.3 is 0 Å². The second kappa shape index (κ2) is 8.29. The maximum Gasteiger partial charge on any atom is 0.272 e. The van der Waals surface area contributed by atoms with Crippen LogP contribution in [0.1, 0.15) is 28.9 Å². The first kappa shape index (κ1) is 17.7. The molecular formula is C20H21N3O3. The number of carbonyl (C=O) groups is 1. The van der Waals surface area contributed by atoms with Crippen molar-refractivity contribution in [1.82, 2.24) is 15.5 Å². The number of hydrogen-bond donors (Lipinski definition) is 2. The van der Waals surface area contributed by atoms with Crippen molar-refractivity contribution >= 4 is 16.7 Å². The smallest absolute Gasteiger partial charge is 0.272 e. The Morgan fingerprint density at radius 3 is 2.58 bits per heavy atom. The van der Waals surface area contributed by atoms with E-state index in [-0.39, 0.29) is 17.2 Å². The Bertz CT molecular complexity index is 948. The minimum Gasteiger partial charge on any atom is -0.494 e. The molecule has 0 bridgehead atoms. The maximum absolute atomic E-state index is 12.3. The fraction of sp³-hybridized carbons (Fsp3) is 0.250. The molecule has 0 aliphatic rings. The fourth-order valence-electron chi connectivity index (χ4n) is 2.63. The van der Waals surface area contributed by atoms with Crippen molar-refractivity contribution in [1.29, 1.82) is 0 Å². The van der Waals surface area contributed by atoms with Gasteiger partial charge in [0, 0.05) is 11.9 Å². The van der Waals surface area contributed by atoms with Crippen LogP contribution in [0.4, 0.5) is 0 Å². The predicted octanol–water partition coefficient (Wildman–Crippen LogP) is 2.82. The summed E-state index contributed by atoms with van der Waals surface area (Å²) in [4.78, 5) is 24.1. The number of unbranched alkanes of at least 4 members (excludes halogenated alkanes) is 1. The Hall–Kier alpha value is -3.15. The Balaban J connectivity index is 1.47. The van der Waals surface area contributed by atoms with Crippen LogP contribution < -0.4 is 15.6 Å². The highest BCUT2D eigenvalue weighted by atomic mass is 16.5. The van der Waals surface area contributed by atoms with Gasteiger partial charge in [-0.3, -0.25) is 9.59 Å². The van der Waals surface area contributed by atoms with Crippen LogP contribution in [-0.4, -0.2) is 29.3 Å². The van der Waals surface area contributed by atoms with E-state index in [2.05, 4.69) is 15.5 Å². The molecule has 0 fully saturated rings. The Morgan fingerprint density at radius 2 is 1.81 bits per heavy atom. The van der Waals surface area contributed by atoms with E-state index in [1.807, 2.05) is 31.2 Å². The molecule has 2 N–H and O–H groups in total. The van der Waals surface area contributed by atoms with E-state index < -0.39 is 0 Å². The van der Waals surface area contributed by atoms with Gasteiger partial charge in [-0.2, -0.15) is 5.10 Å². The molecule has 26 heavy (non-hydrogen) atoms. The zero-order valence-electron chi connectivity index (χ0n) is 14.6. The molecule has 0 radical (unpaired) electrons. The van der Waals surface area contributed by atoms with Crippen LogP contribution in [0, 0.1) is 6.92 Å². The average Bonchev–Trinajstić information content (AvgIpc) is 2.66. The zero-order valence-corrected chi connectivity index (χ0v) is 14.6. The third-order valence-corrected chi connectivity index (χ3v) is 4.06. The number of hydrogen-bond acceptors (Lipinski definition) is 4. The van der Waals surface area contributed by atoms with Crippen LogP contribution in [0.2, 0.25) is 0 Å². The molecule has 6 heteroatoms. The molecule has 2 aromatic carbocycles. The number of aryl methyl sites for hydroxylation is 1. The number of ether oxygens (including phenoxy) is 1. The number of amides is 1. The van der Waals surface area contributed by atoms with Crippen LogP contribution in [0.5, 0.6) is 5.75 Å². The first-order chi connectivity index (χ1) is 12.6. The number of rotatable bonds is 7. The van der Waals surface area contributed by atoms with E-state index in [4.69, 9.17) is 4.74 Å². The lowest BCUT2D eigenvalue weighted by Crippen LogP contribution is -2.27. The van der Waals surface area contributed by atoms with E-state index in [0.717, 1.165) is 18.6 Å². The van der Waals surface area contributed by atoms with E-state index in [0.29, 0.717) is 23.9 Å². The Labute approximate surface area is 151 Å². The summed E-state index contributed by atoms with van der Waals surface area (Å²) in [6, 6.07) is 14.9. The number of benzene rings is 2. The lowest BCUT2D eigenvalue weighted by molar-refractivity contribution is 0.0948. The summed E-state index contributed by atoms with van der Waals surface area (Å²) in [6.07, 6.45) is 1.62. The number of nitrogens with one attached hydrogen (secondary N) is 2. The average molecular weight is 351 g/mol. The number of H-pyrrole nitrogens is 1. The highest BCUT2D eigenvalue weighted by Crippen LogP contribution is 2.13. The van der Waals surface area contributed by atoms with E-state index in [9.17, 15) is 9.59 Å². The van der Waals surface area contributed by atoms with Gasteiger partial charge in [0.2, 0.25) is 0 Å². The quantitative estimate of drug-likeness (QED) is 0.641. The van der Waals surface area contributed by atoms with Crippen molar-refractivity contribution in [2.24, 2.45) is 0 Å². The highest BCUT2D eigenvalue weighted by Gasteiger charge is 2.13. The summed E-state index contributed by atoms with van der Waals surface area (Å²) in [6.45, 7) is 3.15. The molecule has 3 aromatic rings. The van der Waals surface area contributed by atoms with E-state index in [1.54, 1.807) is 24.3 Å². The molecule has 0 atom stereocenters. The van der Waals surface area contributed by atoms with Crippen molar-refractivity contribution in [2.75, 3.05) is 13.2 Å². The molecule has 1 aromatic heterocycles. The number of aromatic nitrogens is 2. The molecule has 0 aliphatic heterocycles. The van der Waals surface area contributed by atoms with E-state index in [1.165, 1.54) is 5.56 Å². The summed E-state index contributed by atoms with van der Waals surface area (Å²) >= 11 is 0. The second-order valence-electron chi connectivity index (χ2n) is 6.07. The normalized spacial score (nSPS) is 10.7. The van der Waals surface area contributed by atoms with Crippen LogP contribution in [0.15, 0.2) is 53.3 Å². The topological polar surface area (TPSA) is 84.1 Å². The first-order valence-corrected chi connectivity index (χ1v) is 8.60. The van der Waals surface area contributed by atoms with Crippen molar-refractivity contribution in [2.45, 2.75) is 19.8 Å². The molecule has 3 rings (SSSR count). The van der Waals surface area contributed by atoms with Crippen LogP contribution >= 0.6 is 0 Å². The molecule has 1 heterocycles. The highest BCUT2D eigenvalue weighted by molar-refractivity contribution is 6.04. The van der Waals surface area contributed by atoms with Crippen molar-refractivity contribution in [3.8, 4) is 5.75 Å². The van der Waals surface area contributed by atoms with Crippen molar-refractivity contribution in [3.05, 3.63) is 70.1 Å². The van der Waals surface area contributed by atoms with E-state index >= 15 is 0 Å². The molecule has 6 nitrogen and oxygen atoms in total. The van der Waals surface area contributed by atoms with Gasteiger partial charge in [-0.15, -0.1) is 0 Å². The molecule has 1 amide bonds. The first-order valence-electron chi connectivity index (χ1n) is 8.60. The van der Waals surface area contributed by atoms with Gasteiger partial charge in [0.25, 0.3) is 11.5 Å². The Morgan fingerprint density at radius 1 is 1.08 bits per heavy atom. The van der Waals surface area contributed by atoms with Crippen LogP contribution in [0.25, 0.3) is 10.8 Å². The Kier molecular flexibility index (Phi) is 5.63. The largest absolute Gasteiger partial charge is 0.494 e. The number of carbonyl (C=O) groups excluding carboxylic acids is 1. The van der Waals surface area contributed by atoms with Crippen molar-refractivity contribution < 1.29 is 9.53 Å². The van der Waals surface area contributed by atoms with Gasteiger partial charge in [-0.1, -0.05) is 35.9 Å². The minimum atomic E-state index is -0.301. The van der Waals surface area contributed by atoms with Gasteiger partial charge in [0.15, 0.2) is 5.69 Å². The summed E-state index contributed by atoms with van der Waals surface area (Å²) < 4.78 is 5.66. The third kappa shape index (κ3) is 4.27. The number of nitrogens with zero attached hydrogens (tertiary/aromatic N) is 1. The minimum absolute atomic E-state index is 0.233. The van der Waals surface area contributed by atoms with Crippen LogP contribution in [0.3, 0.4) is 0 Å². The summed E-state index contributed by atoms with van der Waals surface area (Å²) in [5.41, 5.74) is 1.13. The fourth-order valence-corrected chi connectivity index (χ4v) is 2.63. The molecule has 0 aliphatic carbocycles. The van der Waals surface area contributed by atoms with Gasteiger partial charge < -0.3 is 10.1 Å². The SMILES string of the molecule is Cc1ccc(OCCCCNC(=O)c2n[nH]c(=O)c3ccccc23)cc1. The summed E-state index contributed by atoms with van der Waals surface area (Å²) in [5.74, 6) is 0.556. The standard InChI is InChI=1S/C20H21N3O3/c1-14-8-10-15(11-9-14)26-13-5-4-12-21-20(25)18-16-6-2-3-7-17(16)19(24)23-22-18/h2-3,6-11H,4-5,12-13H2,1H3,(H,21,25)(H,23,24). The van der Waals surface area contributed by atoms with Crippen LogP contribution in [-0.2, 0) is 0 Å². The monoisotopic (exact) mass is 351 g/mol. The van der Waals surface area contributed by atoms with Gasteiger partial charge in [0.05, 0.1) is 12.0 Å². The maximum atomic E-state index is 12.3. The van der Waals surface area contributed by atoms with Gasteiger partial charge in [-0.05, 0) is 38.0 Å². The molecular weight excluding hydrogens is 330 g/mol. The predicted molar refractivity (Wildman–Crippen MR) is 101 cm³/mol. The summed E-state index contributed by atoms with van der Waals surface area (Å²) in [5, 5.41) is 10.1. The molecule has 0 saturated carbocycles. The molecule has 0 spiro atoms. The van der Waals surface area contributed by atoms with Gasteiger partial charge in [-0.25, -0.2) is 5.10 Å². The van der Waals surface area contributed by atoms with Gasteiger partial charge in [0.1, 0.15) is 5.75 Å². The number of fused-ring (bicyclic) bond motifs is 1. The molecule has 134 valence electrons. The molecule has 0 saturated heterocycles. The molecule has 0 unspecified atom stereocenters.